The van der Waals surface area contributed by atoms with E-state index in [0.29, 0.717) is 18.2 Å². The van der Waals surface area contributed by atoms with Crippen molar-refractivity contribution in [2.45, 2.75) is 31.6 Å². The van der Waals surface area contributed by atoms with Crippen LogP contribution >= 0.6 is 0 Å². The Morgan fingerprint density at radius 3 is 2.68 bits per heavy atom. The molecule has 0 radical (unpaired) electrons. The summed E-state index contributed by atoms with van der Waals surface area (Å²) in [6, 6.07) is 9.89. The molecule has 1 heterocycles. The second-order valence-corrected chi connectivity index (χ2v) is 6.63. The SMILES string of the molecule is CCCCOc1ccc(S(=O)(=O)Nc2ccccn2)cc1C. The van der Waals surface area contributed by atoms with Crippen LogP contribution in [0.3, 0.4) is 0 Å². The van der Waals surface area contributed by atoms with Gasteiger partial charge in [0.25, 0.3) is 10.0 Å². The van der Waals surface area contributed by atoms with Crippen LogP contribution in [0.4, 0.5) is 5.82 Å². The van der Waals surface area contributed by atoms with E-state index >= 15 is 0 Å². The van der Waals surface area contributed by atoms with Crippen LogP contribution in [0.15, 0.2) is 47.5 Å². The minimum Gasteiger partial charge on any atom is -0.493 e. The van der Waals surface area contributed by atoms with Crippen molar-refractivity contribution in [1.82, 2.24) is 4.98 Å². The average Bonchev–Trinajstić information content (AvgIpc) is 2.49. The van der Waals surface area contributed by atoms with E-state index in [4.69, 9.17) is 4.74 Å². The third-order valence-corrected chi connectivity index (χ3v) is 4.47. The number of sulfonamides is 1. The first kappa shape index (κ1) is 16.3. The van der Waals surface area contributed by atoms with Gasteiger partial charge in [-0.3, -0.25) is 4.72 Å². The highest BCUT2D eigenvalue weighted by Gasteiger charge is 2.16. The second-order valence-electron chi connectivity index (χ2n) is 4.95. The van der Waals surface area contributed by atoms with Crippen molar-refractivity contribution < 1.29 is 13.2 Å². The van der Waals surface area contributed by atoms with Crippen LogP contribution in [0.25, 0.3) is 0 Å². The van der Waals surface area contributed by atoms with E-state index in [-0.39, 0.29) is 4.90 Å². The largest absolute Gasteiger partial charge is 0.493 e. The molecular weight excluding hydrogens is 300 g/mol. The first-order valence-corrected chi connectivity index (χ1v) is 8.68. The van der Waals surface area contributed by atoms with Crippen LogP contribution in [0.1, 0.15) is 25.3 Å². The molecule has 0 bridgehead atoms. The number of nitrogens with one attached hydrogen (secondary N) is 1. The minimum absolute atomic E-state index is 0.193. The Labute approximate surface area is 131 Å². The Hall–Kier alpha value is -2.08. The first-order chi connectivity index (χ1) is 10.5. The van der Waals surface area contributed by atoms with E-state index in [1.807, 2.05) is 6.92 Å². The molecule has 0 saturated carbocycles. The monoisotopic (exact) mass is 320 g/mol. The van der Waals surface area contributed by atoms with Crippen molar-refractivity contribution in [2.24, 2.45) is 0 Å². The van der Waals surface area contributed by atoms with Crippen molar-refractivity contribution in [1.29, 1.82) is 0 Å². The summed E-state index contributed by atoms with van der Waals surface area (Å²) < 4.78 is 32.8. The van der Waals surface area contributed by atoms with E-state index in [9.17, 15) is 8.42 Å². The van der Waals surface area contributed by atoms with E-state index < -0.39 is 10.0 Å². The smallest absolute Gasteiger partial charge is 0.263 e. The normalized spacial score (nSPS) is 11.2. The molecule has 0 fully saturated rings. The number of rotatable bonds is 7. The van der Waals surface area contributed by atoms with Crippen LogP contribution in [-0.4, -0.2) is 20.0 Å². The summed E-state index contributed by atoms with van der Waals surface area (Å²) in [6.45, 7) is 4.56. The molecule has 2 rings (SSSR count). The molecule has 0 aliphatic heterocycles. The third kappa shape index (κ3) is 4.21. The molecule has 2 aromatic rings. The fraction of sp³-hybridized carbons (Fsp3) is 0.312. The van der Waals surface area contributed by atoms with Gasteiger partial charge in [-0.25, -0.2) is 13.4 Å². The lowest BCUT2D eigenvalue weighted by Crippen LogP contribution is -2.14. The molecule has 0 atom stereocenters. The topological polar surface area (TPSA) is 68.3 Å². The van der Waals surface area contributed by atoms with Gasteiger partial charge >= 0.3 is 0 Å². The van der Waals surface area contributed by atoms with Gasteiger partial charge in [0.1, 0.15) is 11.6 Å². The Morgan fingerprint density at radius 1 is 1.23 bits per heavy atom. The lowest BCUT2D eigenvalue weighted by atomic mass is 10.2. The summed E-state index contributed by atoms with van der Waals surface area (Å²) in [5.74, 6) is 1.01. The van der Waals surface area contributed by atoms with E-state index in [1.54, 1.807) is 36.4 Å². The van der Waals surface area contributed by atoms with Gasteiger partial charge in [-0.05, 0) is 49.2 Å². The van der Waals surface area contributed by atoms with E-state index in [1.165, 1.54) is 6.20 Å². The molecule has 0 aliphatic rings. The first-order valence-electron chi connectivity index (χ1n) is 7.20. The van der Waals surface area contributed by atoms with Gasteiger partial charge in [-0.2, -0.15) is 0 Å². The Balaban J connectivity index is 2.16. The molecule has 0 spiro atoms. The summed E-state index contributed by atoms with van der Waals surface area (Å²) in [7, 11) is -3.65. The van der Waals surface area contributed by atoms with Crippen LogP contribution in [0, 0.1) is 6.92 Å². The molecule has 0 saturated heterocycles. The van der Waals surface area contributed by atoms with Crippen molar-refractivity contribution >= 4 is 15.8 Å². The maximum absolute atomic E-state index is 12.3. The molecule has 0 unspecified atom stereocenters. The zero-order valence-corrected chi connectivity index (χ0v) is 13.6. The number of nitrogens with zero attached hydrogens (tertiary/aromatic N) is 1. The van der Waals surface area contributed by atoms with Crippen LogP contribution in [0.2, 0.25) is 0 Å². The number of benzene rings is 1. The van der Waals surface area contributed by atoms with Crippen LogP contribution in [-0.2, 0) is 10.0 Å². The van der Waals surface area contributed by atoms with Gasteiger partial charge in [-0.1, -0.05) is 19.4 Å². The van der Waals surface area contributed by atoms with Gasteiger partial charge < -0.3 is 4.74 Å². The number of aryl methyl sites for hydroxylation is 1. The van der Waals surface area contributed by atoms with Crippen molar-refractivity contribution in [3.63, 3.8) is 0 Å². The maximum Gasteiger partial charge on any atom is 0.263 e. The highest BCUT2D eigenvalue weighted by Crippen LogP contribution is 2.23. The zero-order chi connectivity index (χ0) is 16.0. The molecular formula is C16H20N2O3S. The Kier molecular flexibility index (Phi) is 5.38. The molecule has 6 heteroatoms. The predicted molar refractivity (Wildman–Crippen MR) is 86.6 cm³/mol. The fourth-order valence-electron chi connectivity index (χ4n) is 1.90. The highest BCUT2D eigenvalue weighted by atomic mass is 32.2. The Morgan fingerprint density at radius 2 is 2.05 bits per heavy atom. The molecule has 1 N–H and O–H groups in total. The standard InChI is InChI=1S/C16H20N2O3S/c1-3-4-11-21-15-9-8-14(12-13(15)2)22(19,20)18-16-7-5-6-10-17-16/h5-10,12H,3-4,11H2,1-2H3,(H,17,18). The molecule has 118 valence electrons. The van der Waals surface area contributed by atoms with E-state index in [0.717, 1.165) is 18.4 Å². The number of ether oxygens (including phenoxy) is 1. The zero-order valence-electron chi connectivity index (χ0n) is 12.7. The van der Waals surface area contributed by atoms with Gasteiger partial charge in [0.15, 0.2) is 0 Å². The molecule has 1 aromatic carbocycles. The summed E-state index contributed by atoms with van der Waals surface area (Å²) in [5.41, 5.74) is 0.792. The summed E-state index contributed by atoms with van der Waals surface area (Å²) >= 11 is 0. The van der Waals surface area contributed by atoms with Gasteiger partial charge in [-0.15, -0.1) is 0 Å². The van der Waals surface area contributed by atoms with Gasteiger partial charge in [0, 0.05) is 6.20 Å². The lowest BCUT2D eigenvalue weighted by Gasteiger charge is -2.11. The molecule has 5 nitrogen and oxygen atoms in total. The Bertz CT molecular complexity index is 715. The highest BCUT2D eigenvalue weighted by molar-refractivity contribution is 7.92. The summed E-state index contributed by atoms with van der Waals surface area (Å²) in [4.78, 5) is 4.16. The number of hydrogen-bond acceptors (Lipinski definition) is 4. The van der Waals surface area contributed by atoms with Crippen molar-refractivity contribution in [3.8, 4) is 5.75 Å². The van der Waals surface area contributed by atoms with Crippen molar-refractivity contribution in [3.05, 3.63) is 48.2 Å². The fourth-order valence-corrected chi connectivity index (χ4v) is 2.99. The third-order valence-electron chi connectivity index (χ3n) is 3.12. The quantitative estimate of drug-likeness (QED) is 0.794. The molecule has 1 aromatic heterocycles. The molecule has 0 aliphatic carbocycles. The number of unbranched alkanes of at least 4 members (excludes halogenated alkanes) is 1. The van der Waals surface area contributed by atoms with Gasteiger partial charge in [0.2, 0.25) is 0 Å². The predicted octanol–water partition coefficient (Wildman–Crippen LogP) is 3.37. The van der Waals surface area contributed by atoms with Crippen LogP contribution in [0.5, 0.6) is 5.75 Å². The lowest BCUT2D eigenvalue weighted by molar-refractivity contribution is 0.307. The van der Waals surface area contributed by atoms with Crippen molar-refractivity contribution in [2.75, 3.05) is 11.3 Å². The average molecular weight is 320 g/mol. The second kappa shape index (κ2) is 7.26. The molecule has 22 heavy (non-hydrogen) atoms. The number of pyridine rings is 1. The number of hydrogen-bond donors (Lipinski definition) is 1. The minimum atomic E-state index is -3.65. The summed E-state index contributed by atoms with van der Waals surface area (Å²) in [5, 5.41) is 0. The molecule has 0 amide bonds. The van der Waals surface area contributed by atoms with E-state index in [2.05, 4.69) is 16.6 Å². The van der Waals surface area contributed by atoms with Gasteiger partial charge in [0.05, 0.1) is 11.5 Å². The number of aromatic nitrogens is 1. The van der Waals surface area contributed by atoms with Crippen LogP contribution < -0.4 is 9.46 Å². The summed E-state index contributed by atoms with van der Waals surface area (Å²) in [6.07, 6.45) is 3.56. The number of anilines is 1. The maximum atomic E-state index is 12.3.